The van der Waals surface area contributed by atoms with E-state index >= 15 is 0 Å². The Hall–Kier alpha value is -2.57. The largest absolute Gasteiger partial charge is 0.482 e. The standard InChI is InChI=1S/C18H23N3O4/c1-13-3-4-16-15(11-13)21(18(24)12-25-16)6-5-17(23)20-9-7-19(8-10-20)14(2)22/h3-4,11H,5-10,12H2,1-2H3. The summed E-state index contributed by atoms with van der Waals surface area (Å²) in [6.45, 7) is 6.07. The van der Waals surface area contributed by atoms with E-state index in [0.29, 0.717) is 38.5 Å². The monoisotopic (exact) mass is 345 g/mol. The van der Waals surface area contributed by atoms with Crippen LogP contribution in [0.4, 0.5) is 5.69 Å². The smallest absolute Gasteiger partial charge is 0.265 e. The first-order valence-corrected chi connectivity index (χ1v) is 8.53. The van der Waals surface area contributed by atoms with Gasteiger partial charge in [0.2, 0.25) is 11.8 Å². The molecule has 2 heterocycles. The molecular formula is C18H23N3O4. The van der Waals surface area contributed by atoms with E-state index < -0.39 is 0 Å². The van der Waals surface area contributed by atoms with E-state index in [1.807, 2.05) is 25.1 Å². The summed E-state index contributed by atoms with van der Waals surface area (Å²) in [6.07, 6.45) is 0.263. The molecule has 1 aromatic carbocycles. The molecule has 25 heavy (non-hydrogen) atoms. The van der Waals surface area contributed by atoms with Crippen molar-refractivity contribution < 1.29 is 19.1 Å². The highest BCUT2D eigenvalue weighted by Gasteiger charge is 2.27. The van der Waals surface area contributed by atoms with Crippen molar-refractivity contribution in [2.75, 3.05) is 44.2 Å². The van der Waals surface area contributed by atoms with E-state index in [1.54, 1.807) is 21.6 Å². The Morgan fingerprint density at radius 3 is 2.48 bits per heavy atom. The summed E-state index contributed by atoms with van der Waals surface area (Å²) in [5.74, 6) is 0.592. The fraction of sp³-hybridized carbons (Fsp3) is 0.500. The molecule has 134 valence electrons. The summed E-state index contributed by atoms with van der Waals surface area (Å²) in [6, 6.07) is 5.70. The molecule has 0 saturated carbocycles. The molecule has 2 aliphatic heterocycles. The van der Waals surface area contributed by atoms with Gasteiger partial charge in [0, 0.05) is 46.1 Å². The van der Waals surface area contributed by atoms with Gasteiger partial charge >= 0.3 is 0 Å². The third-order valence-corrected chi connectivity index (χ3v) is 4.68. The predicted molar refractivity (Wildman–Crippen MR) is 92.5 cm³/mol. The number of aryl methyl sites for hydroxylation is 1. The van der Waals surface area contributed by atoms with Crippen LogP contribution in [0.15, 0.2) is 18.2 Å². The van der Waals surface area contributed by atoms with E-state index in [0.717, 1.165) is 11.3 Å². The first kappa shape index (κ1) is 17.3. The van der Waals surface area contributed by atoms with Crippen molar-refractivity contribution in [2.24, 2.45) is 0 Å². The maximum absolute atomic E-state index is 12.5. The molecule has 7 heteroatoms. The van der Waals surface area contributed by atoms with Crippen LogP contribution in [0.2, 0.25) is 0 Å². The lowest BCUT2D eigenvalue weighted by molar-refractivity contribution is -0.138. The van der Waals surface area contributed by atoms with Crippen molar-refractivity contribution in [1.82, 2.24) is 9.80 Å². The summed E-state index contributed by atoms with van der Waals surface area (Å²) in [7, 11) is 0. The van der Waals surface area contributed by atoms with E-state index in [4.69, 9.17) is 4.74 Å². The highest BCUT2D eigenvalue weighted by Crippen LogP contribution is 2.32. The summed E-state index contributed by atoms with van der Waals surface area (Å²) in [4.78, 5) is 41.2. The molecular weight excluding hydrogens is 322 g/mol. The molecule has 0 N–H and O–H groups in total. The van der Waals surface area contributed by atoms with Gasteiger partial charge in [-0.15, -0.1) is 0 Å². The fourth-order valence-electron chi connectivity index (χ4n) is 3.19. The molecule has 7 nitrogen and oxygen atoms in total. The maximum atomic E-state index is 12.5. The Balaban J connectivity index is 1.60. The number of hydrogen-bond acceptors (Lipinski definition) is 4. The molecule has 0 unspecified atom stereocenters. The number of ether oxygens (including phenoxy) is 1. The number of rotatable bonds is 3. The quantitative estimate of drug-likeness (QED) is 0.813. The second-order valence-electron chi connectivity index (χ2n) is 6.44. The number of piperazine rings is 1. The highest BCUT2D eigenvalue weighted by atomic mass is 16.5. The van der Waals surface area contributed by atoms with Gasteiger partial charge in [-0.2, -0.15) is 0 Å². The first-order valence-electron chi connectivity index (χ1n) is 8.53. The van der Waals surface area contributed by atoms with Crippen LogP contribution in [-0.2, 0) is 14.4 Å². The van der Waals surface area contributed by atoms with Gasteiger partial charge in [0.1, 0.15) is 5.75 Å². The second kappa shape index (κ2) is 7.13. The number of nitrogens with zero attached hydrogens (tertiary/aromatic N) is 3. The molecule has 3 amide bonds. The molecule has 2 aliphatic rings. The van der Waals surface area contributed by atoms with Crippen molar-refractivity contribution in [1.29, 1.82) is 0 Å². The van der Waals surface area contributed by atoms with Crippen LogP contribution < -0.4 is 9.64 Å². The number of benzene rings is 1. The van der Waals surface area contributed by atoms with Crippen molar-refractivity contribution in [3.63, 3.8) is 0 Å². The summed E-state index contributed by atoms with van der Waals surface area (Å²) >= 11 is 0. The van der Waals surface area contributed by atoms with Crippen molar-refractivity contribution in [3.05, 3.63) is 23.8 Å². The molecule has 0 aromatic heterocycles. The normalized spacial score (nSPS) is 17.2. The van der Waals surface area contributed by atoms with Crippen molar-refractivity contribution in [2.45, 2.75) is 20.3 Å². The maximum Gasteiger partial charge on any atom is 0.265 e. The minimum atomic E-state index is -0.132. The molecule has 3 rings (SSSR count). The van der Waals surface area contributed by atoms with Crippen LogP contribution in [-0.4, -0.2) is 66.9 Å². The second-order valence-corrected chi connectivity index (χ2v) is 6.44. The molecule has 0 spiro atoms. The van der Waals surface area contributed by atoms with Crippen molar-refractivity contribution in [3.8, 4) is 5.75 Å². The van der Waals surface area contributed by atoms with Crippen LogP contribution in [0.25, 0.3) is 0 Å². The molecule has 1 fully saturated rings. The van der Waals surface area contributed by atoms with Gasteiger partial charge < -0.3 is 19.4 Å². The van der Waals surface area contributed by atoms with Gasteiger partial charge in [-0.1, -0.05) is 6.07 Å². The van der Waals surface area contributed by atoms with E-state index in [9.17, 15) is 14.4 Å². The number of anilines is 1. The number of fused-ring (bicyclic) bond motifs is 1. The number of amides is 3. The Morgan fingerprint density at radius 1 is 1.12 bits per heavy atom. The van der Waals surface area contributed by atoms with Crippen LogP contribution in [0, 0.1) is 6.92 Å². The zero-order valence-electron chi connectivity index (χ0n) is 14.7. The average Bonchev–Trinajstić information content (AvgIpc) is 2.60. The summed E-state index contributed by atoms with van der Waals surface area (Å²) < 4.78 is 5.45. The van der Waals surface area contributed by atoms with Gasteiger partial charge in [-0.05, 0) is 24.6 Å². The van der Waals surface area contributed by atoms with Gasteiger partial charge in [0.25, 0.3) is 5.91 Å². The number of carbonyl (C=O) groups excluding carboxylic acids is 3. The Kier molecular flexibility index (Phi) is 4.92. The Morgan fingerprint density at radius 2 is 1.80 bits per heavy atom. The summed E-state index contributed by atoms with van der Waals surface area (Å²) in [5.41, 5.74) is 1.76. The van der Waals surface area contributed by atoms with E-state index in [1.165, 1.54) is 0 Å². The highest BCUT2D eigenvalue weighted by molar-refractivity contribution is 5.98. The topological polar surface area (TPSA) is 70.2 Å². The Bertz CT molecular complexity index is 696. The predicted octanol–water partition coefficient (Wildman–Crippen LogP) is 0.801. The van der Waals surface area contributed by atoms with Crippen LogP contribution >= 0.6 is 0 Å². The van der Waals surface area contributed by atoms with Gasteiger partial charge in [-0.25, -0.2) is 0 Å². The molecule has 0 aliphatic carbocycles. The van der Waals surface area contributed by atoms with Crippen molar-refractivity contribution >= 4 is 23.4 Å². The first-order chi connectivity index (χ1) is 12.0. The molecule has 1 saturated heterocycles. The van der Waals surface area contributed by atoms with Gasteiger partial charge in [0.15, 0.2) is 6.61 Å². The van der Waals surface area contributed by atoms with E-state index in [-0.39, 0.29) is 30.7 Å². The van der Waals surface area contributed by atoms with Crippen LogP contribution in [0.1, 0.15) is 18.9 Å². The van der Waals surface area contributed by atoms with E-state index in [2.05, 4.69) is 0 Å². The average molecular weight is 345 g/mol. The zero-order valence-corrected chi connectivity index (χ0v) is 14.7. The van der Waals surface area contributed by atoms with Crippen LogP contribution in [0.3, 0.4) is 0 Å². The molecule has 1 aromatic rings. The van der Waals surface area contributed by atoms with Crippen LogP contribution in [0.5, 0.6) is 5.75 Å². The minimum Gasteiger partial charge on any atom is -0.482 e. The fourth-order valence-corrected chi connectivity index (χ4v) is 3.19. The lowest BCUT2D eigenvalue weighted by Crippen LogP contribution is -2.50. The SMILES string of the molecule is CC(=O)N1CCN(C(=O)CCN2C(=O)COc3ccc(C)cc32)CC1. The van der Waals surface area contributed by atoms with Gasteiger partial charge in [-0.3, -0.25) is 14.4 Å². The zero-order chi connectivity index (χ0) is 18.0. The third-order valence-electron chi connectivity index (χ3n) is 4.68. The Labute approximate surface area is 147 Å². The number of carbonyl (C=O) groups is 3. The molecule has 0 radical (unpaired) electrons. The minimum absolute atomic E-state index is 0.00153. The third kappa shape index (κ3) is 3.75. The lowest BCUT2D eigenvalue weighted by atomic mass is 10.1. The molecule has 0 bridgehead atoms. The van der Waals surface area contributed by atoms with Gasteiger partial charge in [0.05, 0.1) is 5.69 Å². The lowest BCUT2D eigenvalue weighted by Gasteiger charge is -2.35. The number of hydrogen-bond donors (Lipinski definition) is 0. The summed E-state index contributed by atoms with van der Waals surface area (Å²) in [5, 5.41) is 0. The molecule has 0 atom stereocenters.